The van der Waals surface area contributed by atoms with Gasteiger partial charge >= 0.3 is 0 Å². The van der Waals surface area contributed by atoms with Gasteiger partial charge in [-0.2, -0.15) is 5.10 Å². The van der Waals surface area contributed by atoms with Crippen molar-refractivity contribution in [3.8, 4) is 0 Å². The molecule has 1 saturated carbocycles. The molecule has 3 N–H and O–H groups in total. The molecule has 4 rings (SSSR count). The summed E-state index contributed by atoms with van der Waals surface area (Å²) in [4.78, 5) is 15.7. The van der Waals surface area contributed by atoms with E-state index in [1.807, 2.05) is 19.4 Å². The normalized spacial score (nSPS) is 22.5. The highest BCUT2D eigenvalue weighted by Crippen LogP contribution is 2.40. The number of aliphatic hydroxyl groups is 1. The summed E-state index contributed by atoms with van der Waals surface area (Å²) < 4.78 is 1.78. The fraction of sp³-hybridized carbons (Fsp3) is 0.429. The van der Waals surface area contributed by atoms with Gasteiger partial charge < -0.3 is 15.4 Å². The minimum Gasteiger partial charge on any atom is -0.393 e. The molecule has 8 heteroatoms. The number of nitrogens with zero attached hydrogens (tertiary/aromatic N) is 5. The van der Waals surface area contributed by atoms with Gasteiger partial charge in [0.1, 0.15) is 11.8 Å². The van der Waals surface area contributed by atoms with Crippen LogP contribution in [0.25, 0.3) is 11.2 Å². The Bertz CT molecular complexity index is 789. The first kappa shape index (κ1) is 13.2. The van der Waals surface area contributed by atoms with Gasteiger partial charge in [0.05, 0.1) is 24.7 Å². The lowest BCUT2D eigenvalue weighted by Gasteiger charge is -2.37. The number of aryl methyl sites for hydroxylation is 1. The van der Waals surface area contributed by atoms with Gasteiger partial charge in [-0.05, 0) is 18.8 Å². The standard InChI is InChI=1S/C14H17N7O/c1-21-5-9(4-19-21)11(8-2-10(22)3-8)20-14-12-13(16-6-15-12)17-7-18-14/h4-8,10-11,22H,2-3H2,1H3,(H2,15,16,17,18,20)/t8?,10?,11-/m1/s1. The summed E-state index contributed by atoms with van der Waals surface area (Å²) in [5.41, 5.74) is 2.51. The molecule has 0 saturated heterocycles. The van der Waals surface area contributed by atoms with E-state index in [4.69, 9.17) is 0 Å². The van der Waals surface area contributed by atoms with Gasteiger partial charge in [0.25, 0.3) is 0 Å². The Morgan fingerprint density at radius 2 is 2.23 bits per heavy atom. The SMILES string of the molecule is Cn1cc([C@H](Nc2ncnc3nc[nH]c23)C2CC(O)C2)cn1. The molecule has 8 nitrogen and oxygen atoms in total. The average Bonchev–Trinajstić information content (AvgIpc) is 3.10. The van der Waals surface area contributed by atoms with E-state index < -0.39 is 0 Å². The molecule has 0 bridgehead atoms. The van der Waals surface area contributed by atoms with Crippen LogP contribution in [0, 0.1) is 5.92 Å². The van der Waals surface area contributed by atoms with Gasteiger partial charge in [0.15, 0.2) is 11.5 Å². The van der Waals surface area contributed by atoms with Crippen molar-refractivity contribution in [2.75, 3.05) is 5.32 Å². The van der Waals surface area contributed by atoms with Crippen LogP contribution in [-0.4, -0.2) is 40.9 Å². The lowest BCUT2D eigenvalue weighted by molar-refractivity contribution is 0.0339. The number of aromatic amines is 1. The van der Waals surface area contributed by atoms with Crippen LogP contribution in [0.3, 0.4) is 0 Å². The maximum absolute atomic E-state index is 9.63. The van der Waals surface area contributed by atoms with Gasteiger partial charge in [0, 0.05) is 18.8 Å². The van der Waals surface area contributed by atoms with E-state index in [-0.39, 0.29) is 12.1 Å². The number of hydrogen-bond acceptors (Lipinski definition) is 6. The predicted octanol–water partition coefficient (Wildman–Crippen LogP) is 1.01. The molecule has 114 valence electrons. The summed E-state index contributed by atoms with van der Waals surface area (Å²) in [6.45, 7) is 0. The van der Waals surface area contributed by atoms with Gasteiger partial charge in [0.2, 0.25) is 0 Å². The van der Waals surface area contributed by atoms with Gasteiger partial charge in [-0.15, -0.1) is 0 Å². The Balaban J connectivity index is 1.67. The molecule has 0 aliphatic heterocycles. The highest BCUT2D eigenvalue weighted by molar-refractivity contribution is 5.82. The van der Waals surface area contributed by atoms with Crippen molar-refractivity contribution >= 4 is 17.0 Å². The van der Waals surface area contributed by atoms with Gasteiger partial charge in [-0.1, -0.05) is 0 Å². The zero-order chi connectivity index (χ0) is 15.1. The number of nitrogens with one attached hydrogen (secondary N) is 2. The summed E-state index contributed by atoms with van der Waals surface area (Å²) >= 11 is 0. The molecule has 3 aromatic heterocycles. The second-order valence-electron chi connectivity index (χ2n) is 5.78. The Hall–Kier alpha value is -2.48. The van der Waals surface area contributed by atoms with Crippen molar-refractivity contribution in [3.63, 3.8) is 0 Å². The van der Waals surface area contributed by atoms with Crippen LogP contribution >= 0.6 is 0 Å². The number of imidazole rings is 1. The predicted molar refractivity (Wildman–Crippen MR) is 80.0 cm³/mol. The van der Waals surface area contributed by atoms with E-state index in [2.05, 4.69) is 30.4 Å². The summed E-state index contributed by atoms with van der Waals surface area (Å²) in [6, 6.07) is 0.0542. The third-order valence-electron chi connectivity index (χ3n) is 4.22. The minimum absolute atomic E-state index is 0.0542. The van der Waals surface area contributed by atoms with Gasteiger partial charge in [-0.25, -0.2) is 15.0 Å². The third-order valence-corrected chi connectivity index (χ3v) is 4.22. The van der Waals surface area contributed by atoms with Crippen molar-refractivity contribution in [1.82, 2.24) is 29.7 Å². The van der Waals surface area contributed by atoms with E-state index in [0.29, 0.717) is 11.6 Å². The Labute approximate surface area is 126 Å². The monoisotopic (exact) mass is 299 g/mol. The Kier molecular flexibility index (Phi) is 3.04. The maximum Gasteiger partial charge on any atom is 0.182 e. The van der Waals surface area contributed by atoms with Crippen molar-refractivity contribution in [3.05, 3.63) is 30.6 Å². The fourth-order valence-corrected chi connectivity index (χ4v) is 3.00. The summed E-state index contributed by atoms with van der Waals surface area (Å²) in [5.74, 6) is 1.07. The van der Waals surface area contributed by atoms with Gasteiger partial charge in [-0.3, -0.25) is 4.68 Å². The molecule has 0 unspecified atom stereocenters. The van der Waals surface area contributed by atoms with E-state index >= 15 is 0 Å². The van der Waals surface area contributed by atoms with Crippen LogP contribution in [0.2, 0.25) is 0 Å². The average molecular weight is 299 g/mol. The molecule has 1 atom stereocenters. The molecule has 0 amide bonds. The number of H-pyrrole nitrogens is 1. The third kappa shape index (κ3) is 2.21. The highest BCUT2D eigenvalue weighted by Gasteiger charge is 2.35. The van der Waals surface area contributed by atoms with E-state index in [9.17, 15) is 5.11 Å². The number of aromatic nitrogens is 6. The molecule has 22 heavy (non-hydrogen) atoms. The number of aliphatic hydroxyl groups excluding tert-OH is 1. The molecule has 1 aliphatic rings. The summed E-state index contributed by atoms with van der Waals surface area (Å²) in [5, 5.41) is 17.4. The minimum atomic E-state index is -0.205. The molecule has 0 aromatic carbocycles. The number of fused-ring (bicyclic) bond motifs is 1. The number of hydrogen-bond donors (Lipinski definition) is 3. The van der Waals surface area contributed by atoms with Crippen molar-refractivity contribution in [1.29, 1.82) is 0 Å². The first-order valence-corrected chi connectivity index (χ1v) is 7.28. The largest absolute Gasteiger partial charge is 0.393 e. The topological polar surface area (TPSA) is 105 Å². The molecule has 1 fully saturated rings. The van der Waals surface area contributed by atoms with E-state index in [1.54, 1.807) is 11.0 Å². The quantitative estimate of drug-likeness (QED) is 0.664. The second-order valence-corrected chi connectivity index (χ2v) is 5.78. The zero-order valence-electron chi connectivity index (χ0n) is 12.1. The van der Waals surface area contributed by atoms with Crippen LogP contribution in [0.15, 0.2) is 25.0 Å². The fourth-order valence-electron chi connectivity index (χ4n) is 3.00. The molecular weight excluding hydrogens is 282 g/mol. The molecular formula is C14H17N7O. The van der Waals surface area contributed by atoms with E-state index in [1.165, 1.54) is 6.33 Å². The summed E-state index contributed by atoms with van der Waals surface area (Å²) in [7, 11) is 1.90. The Morgan fingerprint density at radius 3 is 2.95 bits per heavy atom. The zero-order valence-corrected chi connectivity index (χ0v) is 12.1. The second kappa shape index (κ2) is 5.06. The van der Waals surface area contributed by atoms with Crippen LogP contribution in [0.1, 0.15) is 24.4 Å². The van der Waals surface area contributed by atoms with Crippen LogP contribution in [-0.2, 0) is 7.05 Å². The molecule has 0 spiro atoms. The van der Waals surface area contributed by atoms with Crippen LogP contribution < -0.4 is 5.32 Å². The number of anilines is 1. The molecule has 0 radical (unpaired) electrons. The van der Waals surface area contributed by atoms with Crippen LogP contribution in [0.5, 0.6) is 0 Å². The number of rotatable bonds is 4. The summed E-state index contributed by atoms with van der Waals surface area (Å²) in [6.07, 6.45) is 8.32. The highest BCUT2D eigenvalue weighted by atomic mass is 16.3. The molecule has 3 aromatic rings. The Morgan fingerprint density at radius 1 is 1.36 bits per heavy atom. The van der Waals surface area contributed by atoms with Crippen LogP contribution in [0.4, 0.5) is 5.82 Å². The van der Waals surface area contributed by atoms with Crippen molar-refractivity contribution in [2.45, 2.75) is 25.0 Å². The van der Waals surface area contributed by atoms with Crippen molar-refractivity contribution in [2.24, 2.45) is 13.0 Å². The molecule has 3 heterocycles. The molecule has 1 aliphatic carbocycles. The van der Waals surface area contributed by atoms with E-state index in [0.717, 1.165) is 29.7 Å². The first-order chi connectivity index (χ1) is 10.7. The lowest BCUT2D eigenvalue weighted by atomic mass is 9.75. The lowest BCUT2D eigenvalue weighted by Crippen LogP contribution is -2.36. The smallest absolute Gasteiger partial charge is 0.182 e. The van der Waals surface area contributed by atoms with Crippen molar-refractivity contribution < 1.29 is 5.11 Å². The first-order valence-electron chi connectivity index (χ1n) is 7.28. The maximum atomic E-state index is 9.63.